The highest BCUT2D eigenvalue weighted by atomic mass is 19.1. The van der Waals surface area contributed by atoms with Crippen LogP contribution in [0.5, 0.6) is 5.75 Å². The Morgan fingerprint density at radius 3 is 2.75 bits per heavy atom. The molecule has 6 nitrogen and oxygen atoms in total. The summed E-state index contributed by atoms with van der Waals surface area (Å²) in [4.78, 5) is 18.1. The molecule has 148 valence electrons. The molecule has 1 saturated heterocycles. The summed E-state index contributed by atoms with van der Waals surface area (Å²) in [5, 5.41) is 0. The first kappa shape index (κ1) is 18.8. The van der Waals surface area contributed by atoms with Gasteiger partial charge in [-0.3, -0.25) is 4.99 Å². The Bertz CT molecular complexity index is 912. The number of benzene rings is 1. The monoisotopic (exact) mass is 383 g/mol. The highest BCUT2D eigenvalue weighted by Crippen LogP contribution is 2.30. The second-order valence-electron chi connectivity index (χ2n) is 7.88. The first-order chi connectivity index (χ1) is 13.4. The number of likely N-dealkylation sites (N-methyl/N-ethyl adjacent to an activating group) is 1. The molecule has 0 N–H and O–H groups in total. The molecule has 1 aromatic heterocycles. The summed E-state index contributed by atoms with van der Waals surface area (Å²) in [5.41, 5.74) is 3.28. The minimum Gasteiger partial charge on any atom is -0.488 e. The van der Waals surface area contributed by atoms with E-state index in [4.69, 9.17) is 4.74 Å². The minimum absolute atomic E-state index is 0.0974. The van der Waals surface area contributed by atoms with E-state index in [1.165, 1.54) is 6.07 Å². The predicted molar refractivity (Wildman–Crippen MR) is 108 cm³/mol. The van der Waals surface area contributed by atoms with Gasteiger partial charge >= 0.3 is 0 Å². The molecule has 1 fully saturated rings. The zero-order valence-corrected chi connectivity index (χ0v) is 16.8. The van der Waals surface area contributed by atoms with Crippen molar-refractivity contribution in [1.29, 1.82) is 0 Å². The fourth-order valence-corrected chi connectivity index (χ4v) is 3.78. The highest BCUT2D eigenvalue weighted by Gasteiger charge is 2.27. The van der Waals surface area contributed by atoms with E-state index in [1.807, 2.05) is 19.9 Å². The summed E-state index contributed by atoms with van der Waals surface area (Å²) >= 11 is 0. The van der Waals surface area contributed by atoms with Gasteiger partial charge in [0.05, 0.1) is 24.1 Å². The molecule has 2 aliphatic rings. The minimum atomic E-state index is -0.348. The lowest BCUT2D eigenvalue weighted by Crippen LogP contribution is -2.31. The van der Waals surface area contributed by atoms with Gasteiger partial charge in [-0.2, -0.15) is 0 Å². The van der Waals surface area contributed by atoms with Gasteiger partial charge in [0, 0.05) is 30.8 Å². The molecule has 2 aliphatic heterocycles. The molecule has 1 aromatic carbocycles. The SMILES string of the molecule is CC(C)Oc1cc2c(cc1F)CN=C2c1cc(N2CC[C@H](N(C)C)C2)ncn1. The quantitative estimate of drug-likeness (QED) is 0.795. The van der Waals surface area contributed by atoms with E-state index in [9.17, 15) is 4.39 Å². The Morgan fingerprint density at radius 2 is 2.04 bits per heavy atom. The van der Waals surface area contributed by atoms with Crippen molar-refractivity contribution in [3.63, 3.8) is 0 Å². The molecule has 2 aromatic rings. The van der Waals surface area contributed by atoms with Crippen LogP contribution in [0.2, 0.25) is 0 Å². The molecule has 28 heavy (non-hydrogen) atoms. The smallest absolute Gasteiger partial charge is 0.165 e. The number of anilines is 1. The average Bonchev–Trinajstić information content (AvgIpc) is 3.29. The van der Waals surface area contributed by atoms with Crippen molar-refractivity contribution in [3.05, 3.63) is 47.2 Å². The van der Waals surface area contributed by atoms with E-state index < -0.39 is 0 Å². The third-order valence-corrected chi connectivity index (χ3v) is 5.30. The fraction of sp³-hybridized carbons (Fsp3) is 0.476. The van der Waals surface area contributed by atoms with Crippen molar-refractivity contribution in [2.75, 3.05) is 32.1 Å². The maximum atomic E-state index is 14.3. The third-order valence-electron chi connectivity index (χ3n) is 5.30. The topological polar surface area (TPSA) is 53.9 Å². The van der Waals surface area contributed by atoms with Crippen molar-refractivity contribution in [2.45, 2.75) is 39.0 Å². The Morgan fingerprint density at radius 1 is 1.21 bits per heavy atom. The van der Waals surface area contributed by atoms with E-state index in [2.05, 4.69) is 38.9 Å². The maximum Gasteiger partial charge on any atom is 0.165 e. The van der Waals surface area contributed by atoms with Crippen LogP contribution in [0.4, 0.5) is 10.2 Å². The third kappa shape index (κ3) is 3.58. The molecule has 0 radical (unpaired) electrons. The van der Waals surface area contributed by atoms with E-state index in [0.717, 1.165) is 47.9 Å². The van der Waals surface area contributed by atoms with Crippen LogP contribution in [0.1, 0.15) is 37.1 Å². The molecule has 0 spiro atoms. The summed E-state index contributed by atoms with van der Waals surface area (Å²) in [5.74, 6) is 0.816. The number of halogens is 1. The first-order valence-electron chi connectivity index (χ1n) is 9.70. The molecule has 0 unspecified atom stereocenters. The van der Waals surface area contributed by atoms with Gasteiger partial charge in [0.2, 0.25) is 0 Å². The lowest BCUT2D eigenvalue weighted by Gasteiger charge is -2.21. The molecule has 0 aliphatic carbocycles. The summed E-state index contributed by atoms with van der Waals surface area (Å²) in [6, 6.07) is 5.78. The van der Waals surface area contributed by atoms with Gasteiger partial charge in [0.25, 0.3) is 0 Å². The maximum absolute atomic E-state index is 14.3. The second kappa shape index (κ2) is 7.47. The zero-order chi connectivity index (χ0) is 19.8. The van der Waals surface area contributed by atoms with Crippen molar-refractivity contribution in [2.24, 2.45) is 4.99 Å². The summed E-state index contributed by atoms with van der Waals surface area (Å²) < 4.78 is 19.9. The van der Waals surface area contributed by atoms with Crippen molar-refractivity contribution < 1.29 is 9.13 Å². The second-order valence-corrected chi connectivity index (χ2v) is 7.88. The number of nitrogens with zero attached hydrogens (tertiary/aromatic N) is 5. The van der Waals surface area contributed by atoms with E-state index in [-0.39, 0.29) is 17.7 Å². The van der Waals surface area contributed by atoms with Crippen LogP contribution in [-0.2, 0) is 6.54 Å². The molecule has 4 rings (SSSR count). The van der Waals surface area contributed by atoms with Gasteiger partial charge in [0.1, 0.15) is 12.1 Å². The number of fused-ring (bicyclic) bond motifs is 1. The zero-order valence-electron chi connectivity index (χ0n) is 16.8. The summed E-state index contributed by atoms with van der Waals surface area (Å²) in [6.45, 7) is 6.14. The highest BCUT2D eigenvalue weighted by molar-refractivity contribution is 6.14. The van der Waals surface area contributed by atoms with Crippen molar-refractivity contribution in [3.8, 4) is 5.75 Å². The van der Waals surface area contributed by atoms with Crippen LogP contribution in [0, 0.1) is 5.82 Å². The number of aliphatic imine (C=N–C) groups is 1. The fourth-order valence-electron chi connectivity index (χ4n) is 3.78. The average molecular weight is 383 g/mol. The Hall–Kier alpha value is -2.54. The number of hydrogen-bond acceptors (Lipinski definition) is 6. The number of aromatic nitrogens is 2. The molecular formula is C21H26FN5O. The first-order valence-corrected chi connectivity index (χ1v) is 9.70. The largest absolute Gasteiger partial charge is 0.488 e. The lowest BCUT2D eigenvalue weighted by atomic mass is 10.0. The number of rotatable bonds is 5. The van der Waals surface area contributed by atoms with Crippen molar-refractivity contribution >= 4 is 11.5 Å². The molecule has 1 atom stereocenters. The van der Waals surface area contributed by atoms with Crippen LogP contribution in [0.3, 0.4) is 0 Å². The summed E-state index contributed by atoms with van der Waals surface area (Å²) in [7, 11) is 4.22. The van der Waals surface area contributed by atoms with Gasteiger partial charge in [-0.1, -0.05) is 0 Å². The standard InChI is InChI=1S/C21H26FN5O/c1-13(2)28-19-8-16-14(7-17(19)22)10-23-21(16)18-9-20(25-12-24-18)27-6-5-15(11-27)26(3)4/h7-9,12-13,15H,5-6,10-11H2,1-4H3/t15-/m0/s1. The lowest BCUT2D eigenvalue weighted by molar-refractivity contribution is 0.231. The number of hydrogen-bond donors (Lipinski definition) is 0. The van der Waals surface area contributed by atoms with Crippen LogP contribution in [0.15, 0.2) is 29.5 Å². The molecule has 7 heteroatoms. The molecule has 0 bridgehead atoms. The molecule has 3 heterocycles. The van der Waals surface area contributed by atoms with Gasteiger partial charge in [-0.25, -0.2) is 14.4 Å². The van der Waals surface area contributed by atoms with Gasteiger partial charge in [-0.05, 0) is 52.1 Å². The van der Waals surface area contributed by atoms with Crippen molar-refractivity contribution in [1.82, 2.24) is 14.9 Å². The predicted octanol–water partition coefficient (Wildman–Crippen LogP) is 2.89. The summed E-state index contributed by atoms with van der Waals surface area (Å²) in [6.07, 6.45) is 2.61. The normalized spacial score (nSPS) is 18.8. The van der Waals surface area contributed by atoms with E-state index >= 15 is 0 Å². The van der Waals surface area contributed by atoms with Crippen LogP contribution in [-0.4, -0.2) is 59.9 Å². The molecule has 0 amide bonds. The van der Waals surface area contributed by atoms with E-state index in [0.29, 0.717) is 12.6 Å². The Kier molecular flexibility index (Phi) is 5.02. The van der Waals surface area contributed by atoms with Gasteiger partial charge < -0.3 is 14.5 Å². The Labute approximate surface area is 165 Å². The van der Waals surface area contributed by atoms with Gasteiger partial charge in [0.15, 0.2) is 11.6 Å². The van der Waals surface area contributed by atoms with E-state index in [1.54, 1.807) is 12.4 Å². The van der Waals surface area contributed by atoms with Crippen LogP contribution in [0.25, 0.3) is 0 Å². The Balaban J connectivity index is 1.62. The molecule has 0 saturated carbocycles. The number of ether oxygens (including phenoxy) is 1. The van der Waals surface area contributed by atoms with Crippen LogP contribution < -0.4 is 9.64 Å². The van der Waals surface area contributed by atoms with Crippen LogP contribution >= 0.6 is 0 Å². The van der Waals surface area contributed by atoms with Gasteiger partial charge in [-0.15, -0.1) is 0 Å². The molecular weight excluding hydrogens is 357 g/mol.